The van der Waals surface area contributed by atoms with E-state index in [0.29, 0.717) is 12.1 Å². The molecule has 2 aromatic rings. The smallest absolute Gasteiger partial charge is 0.358 e. The highest BCUT2D eigenvalue weighted by molar-refractivity contribution is 5.81. The van der Waals surface area contributed by atoms with Crippen LogP contribution in [-0.4, -0.2) is 11.5 Å². The van der Waals surface area contributed by atoms with E-state index < -0.39 is 11.7 Å². The van der Waals surface area contributed by atoms with Gasteiger partial charge in [0.15, 0.2) is 0 Å². The lowest BCUT2D eigenvalue weighted by molar-refractivity contribution is -0.137. The molecule has 3 N–H and O–H groups in total. The first kappa shape index (κ1) is 12.0. The van der Waals surface area contributed by atoms with Gasteiger partial charge in [-0.05, 0) is 43.0 Å². The van der Waals surface area contributed by atoms with E-state index in [4.69, 9.17) is 5.73 Å². The molecular formula is C12H13F3N2. The van der Waals surface area contributed by atoms with Gasteiger partial charge in [-0.3, -0.25) is 0 Å². The number of halogens is 3. The quantitative estimate of drug-likeness (QED) is 0.853. The minimum atomic E-state index is -4.29. The van der Waals surface area contributed by atoms with Crippen LogP contribution in [-0.2, 0) is 12.6 Å². The van der Waals surface area contributed by atoms with Crippen molar-refractivity contribution in [2.24, 2.45) is 5.73 Å². The Bertz CT molecular complexity index is 514. The zero-order valence-electron chi connectivity index (χ0n) is 9.14. The van der Waals surface area contributed by atoms with Crippen LogP contribution in [0.3, 0.4) is 0 Å². The van der Waals surface area contributed by atoms with E-state index in [-0.39, 0.29) is 0 Å². The fourth-order valence-electron chi connectivity index (χ4n) is 1.79. The average Bonchev–Trinajstić information content (AvgIpc) is 2.66. The Hall–Kier alpha value is -1.49. The zero-order chi connectivity index (χ0) is 12.5. The molecule has 1 heterocycles. The molecule has 0 radical (unpaired) electrons. The topological polar surface area (TPSA) is 41.8 Å². The van der Waals surface area contributed by atoms with E-state index in [9.17, 15) is 13.2 Å². The monoisotopic (exact) mass is 242 g/mol. The van der Waals surface area contributed by atoms with Crippen molar-refractivity contribution < 1.29 is 13.2 Å². The number of alkyl halides is 3. The summed E-state index contributed by atoms with van der Waals surface area (Å²) in [7, 11) is 0. The van der Waals surface area contributed by atoms with Crippen molar-refractivity contribution >= 4 is 10.9 Å². The predicted molar refractivity (Wildman–Crippen MR) is 60.7 cm³/mol. The number of aromatic nitrogens is 1. The van der Waals surface area contributed by atoms with Crippen LogP contribution < -0.4 is 5.73 Å². The number of benzene rings is 1. The van der Waals surface area contributed by atoms with Crippen molar-refractivity contribution in [2.45, 2.75) is 19.0 Å². The lowest BCUT2D eigenvalue weighted by atomic mass is 10.1. The molecule has 92 valence electrons. The SMILES string of the molecule is NCCCc1cc2ccc(C(F)(F)F)cc2[nH]1. The third-order valence-corrected chi connectivity index (χ3v) is 2.66. The van der Waals surface area contributed by atoms with E-state index in [1.54, 1.807) is 0 Å². The van der Waals surface area contributed by atoms with Gasteiger partial charge in [0.25, 0.3) is 0 Å². The number of aromatic amines is 1. The number of H-pyrrole nitrogens is 1. The highest BCUT2D eigenvalue weighted by Crippen LogP contribution is 2.31. The minimum absolute atomic E-state index is 0.520. The number of nitrogens with two attached hydrogens (primary N) is 1. The van der Waals surface area contributed by atoms with Crippen molar-refractivity contribution in [1.82, 2.24) is 4.98 Å². The lowest BCUT2D eigenvalue weighted by Crippen LogP contribution is -2.04. The number of fused-ring (bicyclic) bond motifs is 1. The fraction of sp³-hybridized carbons (Fsp3) is 0.333. The van der Waals surface area contributed by atoms with E-state index in [0.717, 1.165) is 36.1 Å². The van der Waals surface area contributed by atoms with Crippen molar-refractivity contribution in [2.75, 3.05) is 6.54 Å². The number of rotatable bonds is 3. The molecule has 17 heavy (non-hydrogen) atoms. The first-order valence-corrected chi connectivity index (χ1v) is 5.39. The molecule has 0 unspecified atom stereocenters. The van der Waals surface area contributed by atoms with Crippen molar-refractivity contribution in [3.63, 3.8) is 0 Å². The molecule has 0 fully saturated rings. The van der Waals surface area contributed by atoms with Crippen molar-refractivity contribution in [1.29, 1.82) is 0 Å². The normalized spacial score (nSPS) is 12.2. The first-order valence-electron chi connectivity index (χ1n) is 5.39. The summed E-state index contributed by atoms with van der Waals surface area (Å²) in [6, 6.07) is 5.59. The van der Waals surface area contributed by atoms with Crippen LogP contribution in [0.15, 0.2) is 24.3 Å². The predicted octanol–water partition coefficient (Wildman–Crippen LogP) is 3.08. The molecule has 0 aliphatic heterocycles. The number of hydrogen-bond donors (Lipinski definition) is 2. The van der Waals surface area contributed by atoms with Crippen LogP contribution in [0.1, 0.15) is 17.7 Å². The van der Waals surface area contributed by atoms with Crippen LogP contribution in [0.4, 0.5) is 13.2 Å². The Balaban J connectivity index is 2.34. The van der Waals surface area contributed by atoms with Crippen LogP contribution in [0, 0.1) is 0 Å². The van der Waals surface area contributed by atoms with Gasteiger partial charge in [0, 0.05) is 11.2 Å². The molecule has 1 aromatic carbocycles. The average molecular weight is 242 g/mol. The second-order valence-electron chi connectivity index (χ2n) is 3.99. The maximum atomic E-state index is 12.5. The molecule has 0 spiro atoms. The van der Waals surface area contributed by atoms with Crippen molar-refractivity contribution in [3.05, 3.63) is 35.5 Å². The first-order chi connectivity index (χ1) is 8.00. The summed E-state index contributed by atoms with van der Waals surface area (Å²) in [4.78, 5) is 2.99. The minimum Gasteiger partial charge on any atom is -0.358 e. The molecule has 1 aromatic heterocycles. The largest absolute Gasteiger partial charge is 0.416 e. The highest BCUT2D eigenvalue weighted by Gasteiger charge is 2.30. The molecular weight excluding hydrogens is 229 g/mol. The molecule has 0 bridgehead atoms. The molecule has 0 atom stereocenters. The number of nitrogens with one attached hydrogen (secondary N) is 1. The third kappa shape index (κ3) is 2.61. The maximum Gasteiger partial charge on any atom is 0.416 e. The summed E-state index contributed by atoms with van der Waals surface area (Å²) in [6.45, 7) is 0.573. The van der Waals surface area contributed by atoms with Crippen LogP contribution in [0.5, 0.6) is 0 Å². The molecule has 0 aliphatic carbocycles. The fourth-order valence-corrected chi connectivity index (χ4v) is 1.79. The van der Waals surface area contributed by atoms with Gasteiger partial charge in [0.2, 0.25) is 0 Å². The van der Waals surface area contributed by atoms with Gasteiger partial charge >= 0.3 is 6.18 Å². The standard InChI is InChI=1S/C12H13F3N2/c13-12(14,15)9-4-3-8-6-10(2-1-5-16)17-11(8)7-9/h3-4,6-7,17H,1-2,5,16H2. The Morgan fingerprint density at radius 2 is 1.94 bits per heavy atom. The Morgan fingerprint density at radius 1 is 1.18 bits per heavy atom. The zero-order valence-corrected chi connectivity index (χ0v) is 9.14. The molecule has 0 saturated carbocycles. The van der Waals surface area contributed by atoms with Gasteiger partial charge in [-0.15, -0.1) is 0 Å². The molecule has 5 heteroatoms. The lowest BCUT2D eigenvalue weighted by Gasteiger charge is -2.05. The summed E-state index contributed by atoms with van der Waals surface area (Å²) >= 11 is 0. The third-order valence-electron chi connectivity index (χ3n) is 2.66. The van der Waals surface area contributed by atoms with Crippen molar-refractivity contribution in [3.8, 4) is 0 Å². The van der Waals surface area contributed by atoms with Crippen LogP contribution in [0.2, 0.25) is 0 Å². The van der Waals surface area contributed by atoms with E-state index in [1.807, 2.05) is 6.07 Å². The van der Waals surface area contributed by atoms with E-state index >= 15 is 0 Å². The Kier molecular flexibility index (Phi) is 3.11. The van der Waals surface area contributed by atoms with Gasteiger partial charge in [-0.1, -0.05) is 6.07 Å². The highest BCUT2D eigenvalue weighted by atomic mass is 19.4. The number of aryl methyl sites for hydroxylation is 1. The van der Waals surface area contributed by atoms with Gasteiger partial charge < -0.3 is 10.7 Å². The molecule has 0 amide bonds. The van der Waals surface area contributed by atoms with Crippen LogP contribution in [0.25, 0.3) is 10.9 Å². The second kappa shape index (κ2) is 4.41. The summed E-state index contributed by atoms with van der Waals surface area (Å²) in [5.41, 5.74) is 6.20. The molecule has 2 nitrogen and oxygen atoms in total. The van der Waals surface area contributed by atoms with Gasteiger partial charge in [-0.25, -0.2) is 0 Å². The van der Waals surface area contributed by atoms with E-state index in [2.05, 4.69) is 4.98 Å². The summed E-state index contributed by atoms with van der Waals surface area (Å²) in [5, 5.41) is 0.796. The van der Waals surface area contributed by atoms with Crippen LogP contribution >= 0.6 is 0 Å². The summed E-state index contributed by atoms with van der Waals surface area (Å²) < 4.78 is 37.5. The number of hydrogen-bond acceptors (Lipinski definition) is 1. The summed E-state index contributed by atoms with van der Waals surface area (Å²) in [6.07, 6.45) is -2.72. The van der Waals surface area contributed by atoms with Gasteiger partial charge in [0.05, 0.1) is 5.56 Å². The summed E-state index contributed by atoms with van der Waals surface area (Å²) in [5.74, 6) is 0. The van der Waals surface area contributed by atoms with E-state index in [1.165, 1.54) is 6.07 Å². The molecule has 2 rings (SSSR count). The Labute approximate surface area is 96.6 Å². The van der Waals surface area contributed by atoms with Gasteiger partial charge in [-0.2, -0.15) is 13.2 Å². The second-order valence-corrected chi connectivity index (χ2v) is 3.99. The maximum absolute atomic E-state index is 12.5. The Morgan fingerprint density at radius 3 is 2.59 bits per heavy atom. The molecule has 0 saturated heterocycles. The van der Waals surface area contributed by atoms with Gasteiger partial charge in [0.1, 0.15) is 0 Å². The molecule has 0 aliphatic rings.